The van der Waals surface area contributed by atoms with E-state index in [4.69, 9.17) is 8.23 Å². The molecular weight excluding hydrogens is 577 g/mol. The van der Waals surface area contributed by atoms with Crippen LogP contribution < -0.4 is 20.7 Å². The molecule has 0 amide bonds. The first kappa shape index (κ1) is 33.1. The van der Waals surface area contributed by atoms with Crippen molar-refractivity contribution in [1.29, 1.82) is 0 Å². The van der Waals surface area contributed by atoms with Crippen molar-refractivity contribution < 1.29 is 8.23 Å². The molecule has 0 saturated heterocycles. The van der Waals surface area contributed by atoms with Gasteiger partial charge in [0, 0.05) is 0 Å². The molecule has 0 atom stereocenters. The first-order valence-corrected chi connectivity index (χ1v) is 24.2. The summed E-state index contributed by atoms with van der Waals surface area (Å²) in [6, 6.07) is 41.7. The first-order chi connectivity index (χ1) is 20.1. The normalized spacial score (nSPS) is 11.9. The molecule has 42 heavy (non-hydrogen) atoms. The van der Waals surface area contributed by atoms with Crippen LogP contribution in [0.5, 0.6) is 0 Å². The highest BCUT2D eigenvalue weighted by Gasteiger charge is 2.40. The van der Waals surface area contributed by atoms with Gasteiger partial charge in [-0.1, -0.05) is 144 Å². The Hall–Kier alpha value is -3.37. The molecular formula is C36H44O2Si4. The largest absolute Gasteiger partial charge is 0.443 e. The maximum absolute atomic E-state index is 6.74. The number of rotatable bonds is 12. The van der Waals surface area contributed by atoms with Gasteiger partial charge in [-0.05, 0) is 46.9 Å². The average molecular weight is 621 g/mol. The van der Waals surface area contributed by atoms with E-state index in [2.05, 4.69) is 125 Å². The standard InChI is InChI=1S/2C18H22OSi2/c2*1-5-21(6-2,18-15-11-8-12-16-18)19-20(3,4)17-13-9-7-10-14-17/h2*5-16H,1-2H2,3-4H3. The van der Waals surface area contributed by atoms with Crippen LogP contribution in [0, 0.1) is 0 Å². The maximum atomic E-state index is 6.74. The zero-order valence-corrected chi connectivity index (χ0v) is 29.5. The van der Waals surface area contributed by atoms with Crippen molar-refractivity contribution in [3.63, 3.8) is 0 Å². The summed E-state index contributed by atoms with van der Waals surface area (Å²) in [5.74, 6) is 0. The van der Waals surface area contributed by atoms with Gasteiger partial charge in [0.2, 0.25) is 16.6 Å². The first-order valence-electron chi connectivity index (χ1n) is 14.2. The molecule has 0 radical (unpaired) electrons. The zero-order valence-electron chi connectivity index (χ0n) is 25.5. The van der Waals surface area contributed by atoms with E-state index in [0.717, 1.165) is 0 Å². The summed E-state index contributed by atoms with van der Waals surface area (Å²) in [6.07, 6.45) is 0. The molecule has 6 heteroatoms. The van der Waals surface area contributed by atoms with Gasteiger partial charge in [0.15, 0.2) is 0 Å². The Balaban J connectivity index is 0.000000230. The molecule has 0 saturated carbocycles. The van der Waals surface area contributed by atoms with Crippen LogP contribution in [0.1, 0.15) is 0 Å². The summed E-state index contributed by atoms with van der Waals surface area (Å²) in [5.41, 5.74) is 7.92. The van der Waals surface area contributed by atoms with Gasteiger partial charge in [0.25, 0.3) is 16.6 Å². The number of benzene rings is 4. The molecule has 0 aliphatic heterocycles. The highest BCUT2D eigenvalue weighted by molar-refractivity contribution is 7.03. The fourth-order valence-corrected chi connectivity index (χ4v) is 19.6. The van der Waals surface area contributed by atoms with Gasteiger partial charge in [-0.15, -0.1) is 26.3 Å². The van der Waals surface area contributed by atoms with E-state index in [1.807, 2.05) is 71.3 Å². The lowest BCUT2D eigenvalue weighted by Gasteiger charge is -2.35. The van der Waals surface area contributed by atoms with Crippen LogP contribution >= 0.6 is 0 Å². The molecule has 0 heterocycles. The van der Waals surface area contributed by atoms with Crippen molar-refractivity contribution in [3.8, 4) is 0 Å². The van der Waals surface area contributed by atoms with Gasteiger partial charge in [-0.3, -0.25) is 0 Å². The third-order valence-electron chi connectivity index (χ3n) is 7.45. The van der Waals surface area contributed by atoms with Crippen LogP contribution in [0.15, 0.2) is 170 Å². The summed E-state index contributed by atoms with van der Waals surface area (Å²) in [5, 5.41) is 4.99. The molecule has 4 aromatic rings. The molecule has 0 unspecified atom stereocenters. The minimum atomic E-state index is -2.35. The zero-order chi connectivity index (χ0) is 30.7. The van der Waals surface area contributed by atoms with E-state index >= 15 is 0 Å². The lowest BCUT2D eigenvalue weighted by molar-refractivity contribution is 0.584. The molecule has 0 spiro atoms. The molecule has 4 rings (SSSR count). The predicted octanol–water partition coefficient (Wildman–Crippen LogP) is 6.84. The quantitative estimate of drug-likeness (QED) is 0.162. The minimum absolute atomic E-state index is 1.20. The third kappa shape index (κ3) is 7.92. The van der Waals surface area contributed by atoms with Crippen molar-refractivity contribution in [2.24, 2.45) is 0 Å². The van der Waals surface area contributed by atoms with Gasteiger partial charge in [-0.2, -0.15) is 0 Å². The van der Waals surface area contributed by atoms with Gasteiger partial charge in [-0.25, -0.2) is 0 Å². The summed E-state index contributed by atoms with van der Waals surface area (Å²) in [7, 11) is -8.74. The van der Waals surface area contributed by atoms with Crippen LogP contribution in [0.4, 0.5) is 0 Å². The van der Waals surface area contributed by atoms with Crippen LogP contribution in [0.2, 0.25) is 26.2 Å². The highest BCUT2D eigenvalue weighted by Crippen LogP contribution is 2.18. The molecule has 0 aliphatic rings. The molecule has 0 aliphatic carbocycles. The maximum Gasteiger partial charge on any atom is 0.262 e. The van der Waals surface area contributed by atoms with Crippen molar-refractivity contribution >= 4 is 54.0 Å². The predicted molar refractivity (Wildman–Crippen MR) is 194 cm³/mol. The second kappa shape index (κ2) is 14.7. The molecule has 0 N–H and O–H groups in total. The van der Waals surface area contributed by atoms with Gasteiger partial charge in [0.05, 0.1) is 0 Å². The molecule has 0 aromatic heterocycles. The van der Waals surface area contributed by atoms with E-state index in [9.17, 15) is 0 Å². The van der Waals surface area contributed by atoms with Gasteiger partial charge < -0.3 is 8.23 Å². The molecule has 216 valence electrons. The SMILES string of the molecule is C=C[Si](C=C)(O[Si](C)(C)c1ccccc1)c1ccccc1.C=C[Si](C=C)(O[Si](C)(C)c1ccccc1)c1ccccc1. The summed E-state index contributed by atoms with van der Waals surface area (Å²) < 4.78 is 13.5. The summed E-state index contributed by atoms with van der Waals surface area (Å²) in [6.45, 7) is 25.1. The Morgan fingerprint density at radius 1 is 0.381 bits per heavy atom. The van der Waals surface area contributed by atoms with E-state index in [1.54, 1.807) is 0 Å². The smallest absolute Gasteiger partial charge is 0.262 e. The Kier molecular flexibility index (Phi) is 11.6. The second-order valence-electron chi connectivity index (χ2n) is 11.1. The van der Waals surface area contributed by atoms with Gasteiger partial charge in [0.1, 0.15) is 0 Å². The third-order valence-corrected chi connectivity index (χ3v) is 22.6. The Morgan fingerprint density at radius 3 is 0.810 bits per heavy atom. The van der Waals surface area contributed by atoms with Crippen LogP contribution in [-0.2, 0) is 8.23 Å². The van der Waals surface area contributed by atoms with E-state index < -0.39 is 33.3 Å². The summed E-state index contributed by atoms with van der Waals surface area (Å²) >= 11 is 0. The Labute approximate surface area is 257 Å². The van der Waals surface area contributed by atoms with E-state index in [1.165, 1.54) is 20.7 Å². The lowest BCUT2D eigenvalue weighted by Crippen LogP contribution is -2.59. The highest BCUT2D eigenvalue weighted by atomic mass is 28.4. The summed E-state index contributed by atoms with van der Waals surface area (Å²) in [4.78, 5) is 0. The molecule has 2 nitrogen and oxygen atoms in total. The number of hydrogen-bond donors (Lipinski definition) is 0. The fourth-order valence-electron chi connectivity index (χ4n) is 4.96. The monoisotopic (exact) mass is 620 g/mol. The number of hydrogen-bond acceptors (Lipinski definition) is 2. The Bertz CT molecular complexity index is 1310. The van der Waals surface area contributed by atoms with Crippen LogP contribution in [0.3, 0.4) is 0 Å². The molecule has 0 fully saturated rings. The minimum Gasteiger partial charge on any atom is -0.443 e. The average Bonchev–Trinajstić information content (AvgIpc) is 3.04. The van der Waals surface area contributed by atoms with Crippen molar-refractivity contribution in [2.45, 2.75) is 26.2 Å². The topological polar surface area (TPSA) is 18.5 Å². The van der Waals surface area contributed by atoms with Crippen LogP contribution in [-0.4, -0.2) is 33.3 Å². The van der Waals surface area contributed by atoms with Crippen molar-refractivity contribution in [2.75, 3.05) is 0 Å². The lowest BCUT2D eigenvalue weighted by atomic mass is 10.4. The molecule has 0 bridgehead atoms. The second-order valence-corrected chi connectivity index (χ2v) is 25.9. The molecule has 4 aromatic carbocycles. The van der Waals surface area contributed by atoms with E-state index in [0.29, 0.717) is 0 Å². The fraction of sp³-hybridized carbons (Fsp3) is 0.111. The van der Waals surface area contributed by atoms with Crippen molar-refractivity contribution in [3.05, 3.63) is 170 Å². The Morgan fingerprint density at radius 2 is 0.595 bits per heavy atom. The van der Waals surface area contributed by atoms with E-state index in [-0.39, 0.29) is 0 Å². The van der Waals surface area contributed by atoms with Gasteiger partial charge >= 0.3 is 0 Å². The van der Waals surface area contributed by atoms with Crippen LogP contribution in [0.25, 0.3) is 0 Å². The van der Waals surface area contributed by atoms with Crippen molar-refractivity contribution in [1.82, 2.24) is 0 Å².